The van der Waals surface area contributed by atoms with E-state index in [1.165, 1.54) is 98.0 Å². The highest BCUT2D eigenvalue weighted by atomic mass is 32.2. The lowest BCUT2D eigenvalue weighted by molar-refractivity contribution is 0.660. The van der Waals surface area contributed by atoms with Crippen molar-refractivity contribution in [2.24, 2.45) is 0 Å². The molecule has 0 radical (unpaired) electrons. The molecule has 0 spiro atoms. The standard InChI is InChI=1S/C51H35NS/c1-51(2)45-18-8-7-17-42(45)43-26-24-33(31-46(43)51)35-27-34(28-36(29-35)52-47-19-9-11-21-49(47)53-50-22-12-10-20-48(50)52)32-23-25-41-39-15-4-3-13-37(39)38-14-5-6-16-40(38)44(41)30-32/h3-31H,1-2H3. The van der Waals surface area contributed by atoms with Gasteiger partial charge in [-0.25, -0.2) is 0 Å². The predicted molar refractivity (Wildman–Crippen MR) is 226 cm³/mol. The zero-order chi connectivity index (χ0) is 35.3. The molecule has 0 saturated heterocycles. The zero-order valence-electron chi connectivity index (χ0n) is 29.6. The first-order valence-corrected chi connectivity index (χ1v) is 19.2. The van der Waals surface area contributed by atoms with Gasteiger partial charge in [-0.2, -0.15) is 0 Å². The van der Waals surface area contributed by atoms with Crippen LogP contribution in [0.5, 0.6) is 0 Å². The van der Waals surface area contributed by atoms with Crippen LogP contribution in [0.1, 0.15) is 25.0 Å². The Bertz CT molecular complexity index is 2890. The van der Waals surface area contributed by atoms with Crippen LogP contribution in [-0.2, 0) is 5.41 Å². The number of rotatable bonds is 3. The molecule has 0 fully saturated rings. The molecule has 0 amide bonds. The van der Waals surface area contributed by atoms with Gasteiger partial charge in [-0.15, -0.1) is 0 Å². The third-order valence-electron chi connectivity index (χ3n) is 11.6. The highest BCUT2D eigenvalue weighted by Gasteiger charge is 2.35. The van der Waals surface area contributed by atoms with Crippen LogP contribution in [0, 0.1) is 0 Å². The fourth-order valence-electron chi connectivity index (χ4n) is 9.03. The Balaban J connectivity index is 1.17. The first kappa shape index (κ1) is 30.5. The van der Waals surface area contributed by atoms with E-state index in [1.807, 2.05) is 11.8 Å². The van der Waals surface area contributed by atoms with Gasteiger partial charge in [0.05, 0.1) is 11.4 Å². The van der Waals surface area contributed by atoms with Gasteiger partial charge < -0.3 is 4.90 Å². The summed E-state index contributed by atoms with van der Waals surface area (Å²) in [6, 6.07) is 65.6. The van der Waals surface area contributed by atoms with Crippen LogP contribution in [0.2, 0.25) is 0 Å². The molecule has 0 N–H and O–H groups in total. The summed E-state index contributed by atoms with van der Waals surface area (Å²) in [7, 11) is 0. The molecule has 1 nitrogen and oxygen atoms in total. The van der Waals surface area contributed by atoms with Gasteiger partial charge in [0, 0.05) is 20.9 Å². The number of para-hydroxylation sites is 2. The molecule has 0 bridgehead atoms. The average Bonchev–Trinajstić information content (AvgIpc) is 3.45. The lowest BCUT2D eigenvalue weighted by Crippen LogP contribution is -2.15. The Morgan fingerprint density at radius 2 is 0.868 bits per heavy atom. The van der Waals surface area contributed by atoms with Gasteiger partial charge in [-0.05, 0) is 131 Å². The molecule has 9 aromatic rings. The van der Waals surface area contributed by atoms with Crippen molar-refractivity contribution in [1.29, 1.82) is 0 Å². The van der Waals surface area contributed by atoms with E-state index in [0.29, 0.717) is 0 Å². The van der Waals surface area contributed by atoms with Crippen LogP contribution in [0.3, 0.4) is 0 Å². The summed E-state index contributed by atoms with van der Waals surface area (Å²) < 4.78 is 0. The average molecular weight is 694 g/mol. The molecule has 0 saturated carbocycles. The maximum atomic E-state index is 2.46. The maximum absolute atomic E-state index is 2.46. The van der Waals surface area contributed by atoms with Crippen molar-refractivity contribution in [2.45, 2.75) is 29.1 Å². The molecular formula is C51H35NS. The van der Waals surface area contributed by atoms with Crippen molar-refractivity contribution in [2.75, 3.05) is 4.90 Å². The van der Waals surface area contributed by atoms with Gasteiger partial charge in [0.25, 0.3) is 0 Å². The van der Waals surface area contributed by atoms with Crippen molar-refractivity contribution in [3.05, 3.63) is 187 Å². The molecule has 9 aromatic carbocycles. The Morgan fingerprint density at radius 1 is 0.377 bits per heavy atom. The third-order valence-corrected chi connectivity index (χ3v) is 12.7. The smallest absolute Gasteiger partial charge is 0.0601 e. The minimum Gasteiger partial charge on any atom is -0.308 e. The van der Waals surface area contributed by atoms with E-state index in [2.05, 4.69) is 195 Å². The van der Waals surface area contributed by atoms with Crippen LogP contribution in [0.15, 0.2) is 186 Å². The number of fused-ring (bicyclic) bond motifs is 11. The Hall–Kier alpha value is -6.09. The molecule has 1 heterocycles. The Labute approximate surface area is 314 Å². The minimum atomic E-state index is -0.0769. The summed E-state index contributed by atoms with van der Waals surface area (Å²) >= 11 is 1.85. The molecule has 0 aromatic heterocycles. The summed E-state index contributed by atoms with van der Waals surface area (Å²) in [5.41, 5.74) is 13.8. The molecule has 1 aliphatic heterocycles. The highest BCUT2D eigenvalue weighted by Crippen LogP contribution is 2.53. The van der Waals surface area contributed by atoms with Gasteiger partial charge in [0.2, 0.25) is 0 Å². The van der Waals surface area contributed by atoms with Gasteiger partial charge in [-0.1, -0.05) is 147 Å². The Kier molecular flexibility index (Phi) is 6.60. The second-order valence-corrected chi connectivity index (χ2v) is 16.0. The lowest BCUT2D eigenvalue weighted by atomic mass is 9.81. The van der Waals surface area contributed by atoms with Crippen molar-refractivity contribution in [3.8, 4) is 33.4 Å². The second-order valence-electron chi connectivity index (χ2n) is 14.9. The molecule has 2 heteroatoms. The minimum absolute atomic E-state index is 0.0769. The van der Waals surface area contributed by atoms with Crippen molar-refractivity contribution >= 4 is 61.1 Å². The van der Waals surface area contributed by atoms with Gasteiger partial charge in [0.1, 0.15) is 0 Å². The molecule has 0 unspecified atom stereocenters. The quantitative estimate of drug-likeness (QED) is 0.170. The number of hydrogen-bond acceptors (Lipinski definition) is 2. The van der Waals surface area contributed by atoms with E-state index in [4.69, 9.17) is 0 Å². The van der Waals surface area contributed by atoms with Gasteiger partial charge in [0.15, 0.2) is 0 Å². The summed E-state index contributed by atoms with van der Waals surface area (Å²) in [5, 5.41) is 7.75. The zero-order valence-corrected chi connectivity index (χ0v) is 30.4. The topological polar surface area (TPSA) is 3.24 Å². The van der Waals surface area contributed by atoms with E-state index >= 15 is 0 Å². The monoisotopic (exact) mass is 693 g/mol. The first-order valence-electron chi connectivity index (χ1n) is 18.4. The van der Waals surface area contributed by atoms with E-state index in [-0.39, 0.29) is 5.41 Å². The number of benzene rings is 9. The second kappa shape index (κ2) is 11.5. The van der Waals surface area contributed by atoms with E-state index < -0.39 is 0 Å². The summed E-state index contributed by atoms with van der Waals surface area (Å²) in [6.45, 7) is 4.73. The van der Waals surface area contributed by atoms with Crippen molar-refractivity contribution < 1.29 is 0 Å². The summed E-state index contributed by atoms with van der Waals surface area (Å²) in [4.78, 5) is 4.99. The maximum Gasteiger partial charge on any atom is 0.0601 e. The molecule has 0 atom stereocenters. The van der Waals surface area contributed by atoms with Crippen LogP contribution in [0.25, 0.3) is 65.7 Å². The SMILES string of the molecule is CC1(C)c2ccccc2-c2ccc(-c3cc(-c4ccc5c6ccccc6c6ccccc6c5c4)cc(N4c5ccccc5Sc5ccccc54)c3)cc21. The molecule has 53 heavy (non-hydrogen) atoms. The predicted octanol–water partition coefficient (Wildman–Crippen LogP) is 14.7. The summed E-state index contributed by atoms with van der Waals surface area (Å²) in [6.07, 6.45) is 0. The third kappa shape index (κ3) is 4.59. The highest BCUT2D eigenvalue weighted by molar-refractivity contribution is 7.99. The van der Waals surface area contributed by atoms with Crippen LogP contribution in [0.4, 0.5) is 17.1 Å². The fourth-order valence-corrected chi connectivity index (χ4v) is 10.1. The number of hydrogen-bond donors (Lipinski definition) is 0. The molecule has 11 rings (SSSR count). The normalized spacial score (nSPS) is 13.9. The first-order chi connectivity index (χ1) is 26.0. The Morgan fingerprint density at radius 3 is 1.53 bits per heavy atom. The number of nitrogens with zero attached hydrogens (tertiary/aromatic N) is 1. The fraction of sp³-hybridized carbons (Fsp3) is 0.0588. The van der Waals surface area contributed by atoms with Crippen molar-refractivity contribution in [3.63, 3.8) is 0 Å². The van der Waals surface area contributed by atoms with Crippen molar-refractivity contribution in [1.82, 2.24) is 0 Å². The molecule has 2 aliphatic rings. The molecular weight excluding hydrogens is 659 g/mol. The molecule has 1 aliphatic carbocycles. The van der Waals surface area contributed by atoms with Crippen LogP contribution >= 0.6 is 11.8 Å². The van der Waals surface area contributed by atoms with E-state index in [1.54, 1.807) is 0 Å². The van der Waals surface area contributed by atoms with E-state index in [0.717, 1.165) is 5.69 Å². The van der Waals surface area contributed by atoms with Gasteiger partial charge in [-0.3, -0.25) is 0 Å². The summed E-state index contributed by atoms with van der Waals surface area (Å²) in [5.74, 6) is 0. The van der Waals surface area contributed by atoms with E-state index in [9.17, 15) is 0 Å². The molecule has 250 valence electrons. The van der Waals surface area contributed by atoms with Crippen LogP contribution < -0.4 is 4.90 Å². The number of anilines is 3. The lowest BCUT2D eigenvalue weighted by Gasteiger charge is -2.33. The van der Waals surface area contributed by atoms with Gasteiger partial charge >= 0.3 is 0 Å². The van der Waals surface area contributed by atoms with Crippen LogP contribution in [-0.4, -0.2) is 0 Å². The largest absolute Gasteiger partial charge is 0.308 e.